The molecule has 12 heteroatoms. The van der Waals surface area contributed by atoms with E-state index in [0.717, 1.165) is 22.0 Å². The predicted molar refractivity (Wildman–Crippen MR) is 172 cm³/mol. The zero-order valence-electron chi connectivity index (χ0n) is 25.3. The Morgan fingerprint density at radius 2 is 1.93 bits per heavy atom. The maximum Gasteiger partial charge on any atom is 0.269 e. The second-order valence-electron chi connectivity index (χ2n) is 12.5. The molecule has 11 nitrogen and oxygen atoms in total. The van der Waals surface area contributed by atoms with Crippen molar-refractivity contribution in [2.45, 2.75) is 56.7 Å². The van der Waals surface area contributed by atoms with Crippen LogP contribution in [0.5, 0.6) is 0 Å². The van der Waals surface area contributed by atoms with Crippen LogP contribution >= 0.6 is 0 Å². The van der Waals surface area contributed by atoms with Crippen molar-refractivity contribution in [1.82, 2.24) is 4.98 Å². The van der Waals surface area contributed by atoms with Crippen LogP contribution in [0.4, 0.5) is 17.1 Å². The Morgan fingerprint density at radius 3 is 2.67 bits per heavy atom. The van der Waals surface area contributed by atoms with Crippen molar-refractivity contribution >= 4 is 48.1 Å². The topological polar surface area (TPSA) is 158 Å². The van der Waals surface area contributed by atoms with Crippen LogP contribution < -0.4 is 10.2 Å². The van der Waals surface area contributed by atoms with Crippen LogP contribution in [-0.4, -0.2) is 52.7 Å². The lowest BCUT2D eigenvalue weighted by atomic mass is 9.82. The highest BCUT2D eigenvalue weighted by Gasteiger charge is 2.66. The number of benzene rings is 3. The number of non-ortho nitro benzene ring substituents is 1. The number of fused-ring (bicyclic) bond motifs is 3. The maximum absolute atomic E-state index is 14.5. The van der Waals surface area contributed by atoms with Crippen LogP contribution in [0, 0.1) is 16.0 Å². The molecule has 1 spiro atoms. The highest BCUT2D eigenvalue weighted by atomic mass is 28.4. The molecule has 2 aliphatic heterocycles. The van der Waals surface area contributed by atoms with E-state index < -0.39 is 36.4 Å². The number of H-pyrrole nitrogens is 1. The second kappa shape index (κ2) is 11.5. The Bertz CT molecular complexity index is 1800. The van der Waals surface area contributed by atoms with E-state index in [2.05, 4.69) is 10.3 Å². The molecule has 2 aliphatic rings. The van der Waals surface area contributed by atoms with Crippen molar-refractivity contribution in [3.63, 3.8) is 0 Å². The minimum atomic E-state index is -2.91. The number of hydrogen-bond acceptors (Lipinski definition) is 7. The van der Waals surface area contributed by atoms with E-state index in [9.17, 15) is 29.6 Å². The molecule has 234 valence electrons. The number of nitro benzene ring substituents is 1. The van der Waals surface area contributed by atoms with Gasteiger partial charge in [0.15, 0.2) is 13.9 Å². The summed E-state index contributed by atoms with van der Waals surface area (Å²) < 4.78 is 6.54. The SMILES string of the molecule is C[C@@H]1[C@@H]([Si](C)(C)O)[C@H](CCO)O[C@@]12C(=O)N(Cc1cccc(NC(=O)Cc3c[nH]c4ccccc34)c1)c1ccc([N+](=O)[O-])cc12. The number of carbonyl (C=O) groups is 2. The summed E-state index contributed by atoms with van der Waals surface area (Å²) in [6.45, 7) is 5.35. The average molecular weight is 629 g/mol. The van der Waals surface area contributed by atoms with E-state index in [1.54, 1.807) is 42.3 Å². The summed E-state index contributed by atoms with van der Waals surface area (Å²) in [6, 6.07) is 19.3. The Kier molecular flexibility index (Phi) is 7.85. The Labute approximate surface area is 261 Å². The number of nitro groups is 1. The number of carbonyl (C=O) groups excluding carboxylic acids is 2. The zero-order valence-corrected chi connectivity index (χ0v) is 26.3. The number of rotatable bonds is 9. The number of amides is 2. The molecular formula is C33H36N4O7Si. The molecular weight excluding hydrogens is 592 g/mol. The summed E-state index contributed by atoms with van der Waals surface area (Å²) in [5, 5.41) is 25.5. The van der Waals surface area contributed by atoms with Gasteiger partial charge in [0.2, 0.25) is 5.91 Å². The molecule has 4 aromatic rings. The van der Waals surface area contributed by atoms with E-state index in [4.69, 9.17) is 4.74 Å². The second-order valence-corrected chi connectivity index (χ2v) is 16.5. The smallest absolute Gasteiger partial charge is 0.269 e. The number of nitrogens with zero attached hydrogens (tertiary/aromatic N) is 2. The summed E-state index contributed by atoms with van der Waals surface area (Å²) in [6.07, 6.45) is 1.65. The molecule has 0 radical (unpaired) electrons. The van der Waals surface area contributed by atoms with Crippen LogP contribution in [0.15, 0.2) is 72.9 Å². The first-order valence-electron chi connectivity index (χ1n) is 15.0. The fourth-order valence-electron chi connectivity index (χ4n) is 7.32. The lowest BCUT2D eigenvalue weighted by molar-refractivity contribution is -0.385. The number of nitrogens with one attached hydrogen (secondary N) is 2. The minimum Gasteiger partial charge on any atom is -0.432 e. The summed E-state index contributed by atoms with van der Waals surface area (Å²) in [5.74, 6) is -1.06. The summed E-state index contributed by atoms with van der Waals surface area (Å²) in [7, 11) is -2.91. The molecule has 0 saturated carbocycles. The maximum atomic E-state index is 14.5. The van der Waals surface area contributed by atoms with Gasteiger partial charge in [-0.25, -0.2) is 0 Å². The molecule has 6 rings (SSSR count). The summed E-state index contributed by atoms with van der Waals surface area (Å²) in [5.41, 5.74) is 1.93. The standard InChI is InChI=1S/C33H36N4O7Si/c1-20-31(45(2,3)43)29(13-14-38)44-33(20)26-17-24(37(41)42)11-12-28(26)36(32(33)40)19-21-7-6-8-23(15-21)35-30(39)16-22-18-34-27-10-5-4-9-25(22)27/h4-12,15,17-18,20,29,31,34,38,43H,13-14,16,19H2,1-3H3,(H,35,39)/t20-,29+,31-,33+/m1/s1. The molecule has 2 amide bonds. The molecule has 45 heavy (non-hydrogen) atoms. The third-order valence-electron chi connectivity index (χ3n) is 9.17. The normalized spacial score (nSPS) is 22.7. The number of hydrogen-bond donors (Lipinski definition) is 4. The van der Waals surface area contributed by atoms with Gasteiger partial charge in [-0.15, -0.1) is 0 Å². The van der Waals surface area contributed by atoms with E-state index >= 15 is 0 Å². The van der Waals surface area contributed by atoms with Gasteiger partial charge in [-0.05, 0) is 54.9 Å². The highest BCUT2D eigenvalue weighted by molar-refractivity contribution is 6.71. The predicted octanol–water partition coefficient (Wildman–Crippen LogP) is 4.98. The lowest BCUT2D eigenvalue weighted by Gasteiger charge is -2.32. The number of anilines is 2. The number of aromatic amines is 1. The summed E-state index contributed by atoms with van der Waals surface area (Å²) >= 11 is 0. The molecule has 4 atom stereocenters. The first-order chi connectivity index (χ1) is 21.4. The quantitative estimate of drug-likeness (QED) is 0.116. The highest BCUT2D eigenvalue weighted by Crippen LogP contribution is 2.60. The van der Waals surface area contributed by atoms with Crippen molar-refractivity contribution in [3.05, 3.63) is 99.7 Å². The van der Waals surface area contributed by atoms with E-state index in [0.29, 0.717) is 16.9 Å². The molecule has 1 aromatic heterocycles. The third-order valence-corrected chi connectivity index (χ3v) is 11.7. The fourth-order valence-corrected chi connectivity index (χ4v) is 9.92. The van der Waals surface area contributed by atoms with Crippen molar-refractivity contribution in [1.29, 1.82) is 0 Å². The van der Waals surface area contributed by atoms with Gasteiger partial charge in [-0.2, -0.15) is 0 Å². The van der Waals surface area contributed by atoms with Crippen molar-refractivity contribution in [2.24, 2.45) is 5.92 Å². The monoisotopic (exact) mass is 628 g/mol. The zero-order chi connectivity index (χ0) is 32.1. The van der Waals surface area contributed by atoms with E-state index in [1.165, 1.54) is 12.1 Å². The largest absolute Gasteiger partial charge is 0.432 e. The van der Waals surface area contributed by atoms with Gasteiger partial charge in [-0.1, -0.05) is 37.3 Å². The van der Waals surface area contributed by atoms with Crippen LogP contribution in [-0.2, 0) is 32.9 Å². The number of aromatic nitrogens is 1. The van der Waals surface area contributed by atoms with Gasteiger partial charge < -0.3 is 29.8 Å². The van der Waals surface area contributed by atoms with Gasteiger partial charge in [0, 0.05) is 58.5 Å². The number of ether oxygens (including phenoxy) is 1. The Hall–Kier alpha value is -4.36. The van der Waals surface area contributed by atoms with Crippen LogP contribution in [0.3, 0.4) is 0 Å². The van der Waals surface area contributed by atoms with Gasteiger partial charge in [-0.3, -0.25) is 19.7 Å². The van der Waals surface area contributed by atoms with Gasteiger partial charge >= 0.3 is 0 Å². The average Bonchev–Trinajstić information content (AvgIpc) is 3.60. The van der Waals surface area contributed by atoms with Crippen molar-refractivity contribution in [2.75, 3.05) is 16.8 Å². The molecule has 0 bridgehead atoms. The van der Waals surface area contributed by atoms with Gasteiger partial charge in [0.1, 0.15) is 0 Å². The Morgan fingerprint density at radius 1 is 1.16 bits per heavy atom. The van der Waals surface area contributed by atoms with Gasteiger partial charge in [0.05, 0.1) is 29.7 Å². The lowest BCUT2D eigenvalue weighted by Crippen LogP contribution is -2.46. The molecule has 1 saturated heterocycles. The van der Waals surface area contributed by atoms with Crippen LogP contribution in [0.25, 0.3) is 10.9 Å². The first-order valence-corrected chi connectivity index (χ1v) is 18.0. The van der Waals surface area contributed by atoms with Crippen molar-refractivity contribution in [3.8, 4) is 0 Å². The van der Waals surface area contributed by atoms with Crippen molar-refractivity contribution < 1.29 is 29.2 Å². The fraction of sp³-hybridized carbons (Fsp3) is 0.333. The van der Waals surface area contributed by atoms with E-state index in [-0.39, 0.29) is 43.5 Å². The van der Waals surface area contributed by atoms with Crippen LogP contribution in [0.2, 0.25) is 18.6 Å². The molecule has 0 unspecified atom stereocenters. The van der Waals surface area contributed by atoms with E-state index in [1.807, 2.05) is 43.5 Å². The third kappa shape index (κ3) is 5.33. The number of para-hydroxylation sites is 1. The minimum absolute atomic E-state index is 0.128. The first kappa shape index (κ1) is 30.7. The van der Waals surface area contributed by atoms with Gasteiger partial charge in [0.25, 0.3) is 11.6 Å². The molecule has 3 heterocycles. The number of aliphatic hydroxyl groups excluding tert-OH is 1. The number of aliphatic hydroxyl groups is 1. The summed E-state index contributed by atoms with van der Waals surface area (Å²) in [4.78, 5) is 54.7. The molecule has 0 aliphatic carbocycles. The Balaban J connectivity index is 1.30. The molecule has 4 N–H and O–H groups in total. The molecule has 1 fully saturated rings. The molecule has 3 aromatic carbocycles. The van der Waals surface area contributed by atoms with Crippen LogP contribution in [0.1, 0.15) is 30.0 Å².